The predicted octanol–water partition coefficient (Wildman–Crippen LogP) is 2.70. The molecule has 0 aliphatic heterocycles. The maximum Gasteiger partial charge on any atom is 0.167 e. The van der Waals surface area contributed by atoms with Crippen LogP contribution in [0.25, 0.3) is 0 Å². The highest BCUT2D eigenvalue weighted by Gasteiger charge is 2.28. The SMILES string of the molecule is CCOc1cc(NCC(C)N(C)C2CC2)c(N)cc1F. The Morgan fingerprint density at radius 1 is 1.50 bits per heavy atom. The Bertz CT molecular complexity index is 463. The van der Waals surface area contributed by atoms with Crippen LogP contribution in [-0.2, 0) is 0 Å². The van der Waals surface area contributed by atoms with E-state index >= 15 is 0 Å². The highest BCUT2D eigenvalue weighted by atomic mass is 19.1. The van der Waals surface area contributed by atoms with E-state index in [1.165, 1.54) is 18.9 Å². The first-order valence-corrected chi connectivity index (χ1v) is 7.20. The Kier molecular flexibility index (Phi) is 4.70. The fourth-order valence-corrected chi connectivity index (χ4v) is 2.23. The summed E-state index contributed by atoms with van der Waals surface area (Å²) in [4.78, 5) is 2.37. The molecule has 1 atom stereocenters. The molecule has 0 aromatic heterocycles. The lowest BCUT2D eigenvalue weighted by Crippen LogP contribution is -2.36. The van der Waals surface area contributed by atoms with Crippen molar-refractivity contribution in [2.45, 2.75) is 38.8 Å². The fraction of sp³-hybridized carbons (Fsp3) is 0.600. The van der Waals surface area contributed by atoms with Crippen LogP contribution in [0.2, 0.25) is 0 Å². The predicted molar refractivity (Wildman–Crippen MR) is 80.7 cm³/mol. The molecule has 20 heavy (non-hydrogen) atoms. The maximum absolute atomic E-state index is 13.6. The zero-order chi connectivity index (χ0) is 14.7. The van der Waals surface area contributed by atoms with Crippen LogP contribution in [0.4, 0.5) is 15.8 Å². The molecule has 1 aromatic carbocycles. The zero-order valence-corrected chi connectivity index (χ0v) is 12.4. The lowest BCUT2D eigenvalue weighted by atomic mass is 10.2. The van der Waals surface area contributed by atoms with Gasteiger partial charge in [-0.3, -0.25) is 4.90 Å². The number of hydrogen-bond donors (Lipinski definition) is 2. The van der Waals surface area contributed by atoms with Crippen LogP contribution in [0.15, 0.2) is 12.1 Å². The number of nitrogens with zero attached hydrogens (tertiary/aromatic N) is 1. The van der Waals surface area contributed by atoms with Gasteiger partial charge in [0.25, 0.3) is 0 Å². The van der Waals surface area contributed by atoms with Crippen LogP contribution < -0.4 is 15.8 Å². The van der Waals surface area contributed by atoms with Crippen LogP contribution in [0.5, 0.6) is 5.75 Å². The van der Waals surface area contributed by atoms with Crippen molar-refractivity contribution in [2.75, 3.05) is 31.2 Å². The van der Waals surface area contributed by atoms with Crippen LogP contribution in [0.1, 0.15) is 26.7 Å². The summed E-state index contributed by atoms with van der Waals surface area (Å²) in [6.45, 7) is 5.21. The minimum absolute atomic E-state index is 0.243. The van der Waals surface area contributed by atoms with Gasteiger partial charge in [0.05, 0.1) is 18.0 Å². The van der Waals surface area contributed by atoms with Crippen molar-refractivity contribution < 1.29 is 9.13 Å². The number of nitrogen functional groups attached to an aromatic ring is 1. The second-order valence-corrected chi connectivity index (χ2v) is 5.43. The van der Waals surface area contributed by atoms with Gasteiger partial charge in [-0.05, 0) is 33.7 Å². The summed E-state index contributed by atoms with van der Waals surface area (Å²) in [5, 5.41) is 3.29. The molecule has 1 aliphatic rings. The topological polar surface area (TPSA) is 50.5 Å². The van der Waals surface area contributed by atoms with Crippen molar-refractivity contribution >= 4 is 11.4 Å². The fourth-order valence-electron chi connectivity index (χ4n) is 2.23. The summed E-state index contributed by atoms with van der Waals surface area (Å²) >= 11 is 0. The van der Waals surface area contributed by atoms with Crippen molar-refractivity contribution in [3.8, 4) is 5.75 Å². The van der Waals surface area contributed by atoms with Gasteiger partial charge in [-0.1, -0.05) is 0 Å². The highest BCUT2D eigenvalue weighted by Crippen LogP contribution is 2.29. The Balaban J connectivity index is 1.99. The molecule has 5 heteroatoms. The molecule has 4 nitrogen and oxygen atoms in total. The third-order valence-corrected chi connectivity index (χ3v) is 3.81. The van der Waals surface area contributed by atoms with E-state index in [4.69, 9.17) is 10.5 Å². The van der Waals surface area contributed by atoms with Gasteiger partial charge in [-0.2, -0.15) is 0 Å². The quantitative estimate of drug-likeness (QED) is 0.755. The number of benzene rings is 1. The van der Waals surface area contributed by atoms with Gasteiger partial charge >= 0.3 is 0 Å². The lowest BCUT2D eigenvalue weighted by molar-refractivity contribution is 0.257. The molecule has 0 saturated heterocycles. The lowest BCUT2D eigenvalue weighted by Gasteiger charge is -2.25. The first-order valence-electron chi connectivity index (χ1n) is 7.20. The van der Waals surface area contributed by atoms with Crippen molar-refractivity contribution in [3.63, 3.8) is 0 Å². The molecular weight excluding hydrogens is 257 g/mol. The molecule has 2 rings (SSSR count). The first-order chi connectivity index (χ1) is 9.52. The smallest absolute Gasteiger partial charge is 0.167 e. The van der Waals surface area contributed by atoms with Crippen LogP contribution in [0.3, 0.4) is 0 Å². The van der Waals surface area contributed by atoms with E-state index in [1.54, 1.807) is 6.07 Å². The Morgan fingerprint density at radius 3 is 2.80 bits per heavy atom. The average molecular weight is 281 g/mol. The third-order valence-electron chi connectivity index (χ3n) is 3.81. The molecule has 1 aromatic rings. The van der Waals surface area contributed by atoms with Crippen molar-refractivity contribution in [1.82, 2.24) is 4.90 Å². The van der Waals surface area contributed by atoms with E-state index < -0.39 is 5.82 Å². The van der Waals surface area contributed by atoms with Crippen molar-refractivity contribution in [2.24, 2.45) is 0 Å². The number of anilines is 2. The number of halogens is 1. The second-order valence-electron chi connectivity index (χ2n) is 5.43. The number of likely N-dealkylation sites (N-methyl/N-ethyl adjacent to an activating group) is 1. The third kappa shape index (κ3) is 3.54. The summed E-state index contributed by atoms with van der Waals surface area (Å²) in [6, 6.07) is 4.07. The molecule has 112 valence electrons. The largest absolute Gasteiger partial charge is 0.491 e. The van der Waals surface area contributed by atoms with Gasteiger partial charge < -0.3 is 15.8 Å². The average Bonchev–Trinajstić information content (AvgIpc) is 3.24. The molecule has 0 radical (unpaired) electrons. The van der Waals surface area contributed by atoms with E-state index in [0.29, 0.717) is 18.3 Å². The zero-order valence-electron chi connectivity index (χ0n) is 12.4. The summed E-state index contributed by atoms with van der Waals surface area (Å²) in [5.41, 5.74) is 6.99. The number of nitrogens with two attached hydrogens (primary N) is 1. The molecule has 1 aliphatic carbocycles. The van der Waals surface area contributed by atoms with E-state index in [2.05, 4.69) is 24.2 Å². The van der Waals surface area contributed by atoms with E-state index in [9.17, 15) is 4.39 Å². The van der Waals surface area contributed by atoms with E-state index in [0.717, 1.165) is 18.3 Å². The number of rotatable bonds is 7. The highest BCUT2D eigenvalue weighted by molar-refractivity contribution is 5.68. The van der Waals surface area contributed by atoms with Crippen molar-refractivity contribution in [1.29, 1.82) is 0 Å². The van der Waals surface area contributed by atoms with Gasteiger partial charge in [0.1, 0.15) is 0 Å². The van der Waals surface area contributed by atoms with Crippen LogP contribution in [0, 0.1) is 5.82 Å². The Hall–Kier alpha value is -1.49. The molecule has 1 fully saturated rings. The van der Waals surface area contributed by atoms with Gasteiger partial charge in [0.2, 0.25) is 0 Å². The monoisotopic (exact) mass is 281 g/mol. The maximum atomic E-state index is 13.6. The first kappa shape index (κ1) is 14.9. The van der Waals surface area contributed by atoms with Gasteiger partial charge in [-0.25, -0.2) is 4.39 Å². The molecule has 0 bridgehead atoms. The molecule has 3 N–H and O–H groups in total. The number of ether oxygens (including phenoxy) is 1. The summed E-state index contributed by atoms with van der Waals surface area (Å²) in [7, 11) is 2.14. The van der Waals surface area contributed by atoms with Gasteiger partial charge in [-0.15, -0.1) is 0 Å². The number of hydrogen-bond acceptors (Lipinski definition) is 4. The van der Waals surface area contributed by atoms with E-state index in [-0.39, 0.29) is 5.75 Å². The summed E-state index contributed by atoms with van der Waals surface area (Å²) in [5.74, 6) is -0.176. The molecular formula is C15H24FN3O. The molecule has 0 heterocycles. The molecule has 1 saturated carbocycles. The normalized spacial score (nSPS) is 16.2. The standard InChI is InChI=1S/C15H24FN3O/c1-4-20-15-8-14(13(17)7-12(15)16)18-9-10(2)19(3)11-5-6-11/h7-8,10-11,18H,4-6,9,17H2,1-3H3. The van der Waals surface area contributed by atoms with Gasteiger partial charge in [0.15, 0.2) is 11.6 Å². The second kappa shape index (κ2) is 6.31. The summed E-state index contributed by atoms with van der Waals surface area (Å²) < 4.78 is 18.9. The molecule has 0 amide bonds. The number of nitrogens with one attached hydrogen (secondary N) is 1. The van der Waals surface area contributed by atoms with Crippen molar-refractivity contribution in [3.05, 3.63) is 17.9 Å². The Labute approximate surface area is 120 Å². The Morgan fingerprint density at radius 2 is 2.20 bits per heavy atom. The minimum Gasteiger partial charge on any atom is -0.491 e. The minimum atomic E-state index is -0.418. The molecule has 0 spiro atoms. The molecule has 1 unspecified atom stereocenters. The summed E-state index contributed by atoms with van der Waals surface area (Å²) in [6.07, 6.45) is 2.57. The van der Waals surface area contributed by atoms with Gasteiger partial charge in [0, 0.05) is 30.8 Å². The van der Waals surface area contributed by atoms with Crippen LogP contribution >= 0.6 is 0 Å². The van der Waals surface area contributed by atoms with E-state index in [1.807, 2.05) is 6.92 Å². The van der Waals surface area contributed by atoms with Crippen LogP contribution in [-0.4, -0.2) is 37.2 Å².